The molecule has 0 amide bonds. The lowest BCUT2D eigenvalue weighted by Crippen LogP contribution is -2.04. The molecule has 2 rings (SSSR count). The molecule has 0 aliphatic carbocycles. The number of hydrogen-bond donors (Lipinski definition) is 1. The van der Waals surface area contributed by atoms with Gasteiger partial charge in [-0.1, -0.05) is 32.4 Å². The Morgan fingerprint density at radius 3 is 2.68 bits per heavy atom. The third kappa shape index (κ3) is 2.98. The Bertz CT molecular complexity index is 596. The summed E-state index contributed by atoms with van der Waals surface area (Å²) in [7, 11) is 0. The van der Waals surface area contributed by atoms with Gasteiger partial charge in [0.2, 0.25) is 0 Å². The van der Waals surface area contributed by atoms with E-state index in [9.17, 15) is 4.39 Å². The monoisotopic (exact) mass is 280 g/mol. The van der Waals surface area contributed by atoms with Crippen LogP contribution in [0, 0.1) is 5.82 Å². The molecule has 0 fully saturated rings. The predicted molar refractivity (Wildman–Crippen MR) is 79.6 cm³/mol. The highest BCUT2D eigenvalue weighted by Crippen LogP contribution is 2.30. The van der Waals surface area contributed by atoms with Crippen molar-refractivity contribution < 1.29 is 4.39 Å². The molecule has 4 heteroatoms. The second kappa shape index (κ2) is 5.74. The van der Waals surface area contributed by atoms with Crippen molar-refractivity contribution in [1.29, 1.82) is 0 Å². The van der Waals surface area contributed by atoms with Gasteiger partial charge in [0.15, 0.2) is 5.82 Å². The molecule has 2 nitrogen and oxygen atoms in total. The van der Waals surface area contributed by atoms with E-state index >= 15 is 0 Å². The standard InChI is InChI=1S/C15H18ClFN2/c1-4-5-18-14-8-13(9(2)3)19-15-11(14)6-10(16)7-12(15)17/h6-9H,4-5H2,1-3H3,(H,18,19). The summed E-state index contributed by atoms with van der Waals surface area (Å²) in [6.45, 7) is 7.02. The fourth-order valence-electron chi connectivity index (χ4n) is 1.97. The molecule has 1 aromatic heterocycles. The van der Waals surface area contributed by atoms with E-state index in [0.29, 0.717) is 10.5 Å². The summed E-state index contributed by atoms with van der Waals surface area (Å²) in [5, 5.41) is 4.45. The molecule has 0 radical (unpaired) electrons. The minimum Gasteiger partial charge on any atom is -0.384 e. The zero-order valence-electron chi connectivity index (χ0n) is 11.4. The van der Waals surface area contributed by atoms with E-state index in [1.807, 2.05) is 19.9 Å². The molecule has 0 unspecified atom stereocenters. The fraction of sp³-hybridized carbons (Fsp3) is 0.400. The van der Waals surface area contributed by atoms with Gasteiger partial charge in [0.1, 0.15) is 5.52 Å². The van der Waals surface area contributed by atoms with Crippen LogP contribution in [0.2, 0.25) is 5.02 Å². The second-order valence-electron chi connectivity index (χ2n) is 4.96. The van der Waals surface area contributed by atoms with Crippen LogP contribution in [0.4, 0.5) is 10.1 Å². The average Bonchev–Trinajstić information content (AvgIpc) is 2.35. The Hall–Kier alpha value is -1.35. The number of benzene rings is 1. The first-order valence-corrected chi connectivity index (χ1v) is 6.94. The maximum atomic E-state index is 14.0. The van der Waals surface area contributed by atoms with Gasteiger partial charge < -0.3 is 5.32 Å². The van der Waals surface area contributed by atoms with Crippen LogP contribution < -0.4 is 5.32 Å². The maximum Gasteiger partial charge on any atom is 0.150 e. The Kier molecular flexibility index (Phi) is 4.25. The van der Waals surface area contributed by atoms with E-state index in [2.05, 4.69) is 17.2 Å². The summed E-state index contributed by atoms with van der Waals surface area (Å²) in [5.41, 5.74) is 2.17. The zero-order chi connectivity index (χ0) is 14.0. The Balaban J connectivity index is 2.67. The highest BCUT2D eigenvalue weighted by Gasteiger charge is 2.12. The SMILES string of the molecule is CCCNc1cc(C(C)C)nc2c(F)cc(Cl)cc12. The summed E-state index contributed by atoms with van der Waals surface area (Å²) in [5.74, 6) is -0.119. The van der Waals surface area contributed by atoms with Crippen LogP contribution in [0.15, 0.2) is 18.2 Å². The normalized spacial score (nSPS) is 11.3. The topological polar surface area (TPSA) is 24.9 Å². The van der Waals surface area contributed by atoms with E-state index in [1.165, 1.54) is 6.07 Å². The Labute approximate surface area is 118 Å². The lowest BCUT2D eigenvalue weighted by molar-refractivity contribution is 0.635. The molecule has 102 valence electrons. The van der Waals surface area contributed by atoms with Gasteiger partial charge in [-0.25, -0.2) is 9.37 Å². The fourth-order valence-corrected chi connectivity index (χ4v) is 2.18. The van der Waals surface area contributed by atoms with Crippen LogP contribution in [0.3, 0.4) is 0 Å². The molecule has 0 saturated heterocycles. The first kappa shape index (κ1) is 14.1. The molecule has 1 N–H and O–H groups in total. The van der Waals surface area contributed by atoms with Crippen molar-refractivity contribution in [2.24, 2.45) is 0 Å². The molecule has 0 spiro atoms. The summed E-state index contributed by atoms with van der Waals surface area (Å²) in [4.78, 5) is 4.41. The number of nitrogens with one attached hydrogen (secondary N) is 1. The Morgan fingerprint density at radius 1 is 1.32 bits per heavy atom. The van der Waals surface area contributed by atoms with Crippen molar-refractivity contribution in [2.45, 2.75) is 33.1 Å². The van der Waals surface area contributed by atoms with Gasteiger partial charge in [-0.15, -0.1) is 0 Å². The average molecular weight is 281 g/mol. The molecular weight excluding hydrogens is 263 g/mol. The smallest absolute Gasteiger partial charge is 0.150 e. The number of fused-ring (bicyclic) bond motifs is 1. The number of halogens is 2. The third-order valence-electron chi connectivity index (χ3n) is 3.01. The van der Waals surface area contributed by atoms with Gasteiger partial charge in [-0.05, 0) is 30.5 Å². The summed E-state index contributed by atoms with van der Waals surface area (Å²) in [6.07, 6.45) is 1.00. The summed E-state index contributed by atoms with van der Waals surface area (Å²) in [6, 6.07) is 5.05. The van der Waals surface area contributed by atoms with Crippen molar-refractivity contribution >= 4 is 28.2 Å². The largest absolute Gasteiger partial charge is 0.384 e. The van der Waals surface area contributed by atoms with Crippen LogP contribution in [0.1, 0.15) is 38.8 Å². The minimum absolute atomic E-state index is 0.252. The number of aromatic nitrogens is 1. The number of pyridine rings is 1. The molecule has 0 aliphatic heterocycles. The van der Waals surface area contributed by atoms with Gasteiger partial charge in [-0.2, -0.15) is 0 Å². The van der Waals surface area contributed by atoms with Crippen molar-refractivity contribution in [1.82, 2.24) is 4.98 Å². The van der Waals surface area contributed by atoms with E-state index in [4.69, 9.17) is 11.6 Å². The highest BCUT2D eigenvalue weighted by molar-refractivity contribution is 6.31. The van der Waals surface area contributed by atoms with Crippen molar-refractivity contribution in [3.05, 3.63) is 34.7 Å². The van der Waals surface area contributed by atoms with Crippen molar-refractivity contribution in [2.75, 3.05) is 11.9 Å². The van der Waals surface area contributed by atoms with Crippen LogP contribution in [0.5, 0.6) is 0 Å². The molecule has 2 aromatic rings. The molecule has 0 atom stereocenters. The maximum absolute atomic E-state index is 14.0. The number of rotatable bonds is 4. The summed E-state index contributed by atoms with van der Waals surface area (Å²) >= 11 is 5.94. The predicted octanol–water partition coefficient (Wildman–Crippen LogP) is 4.97. The second-order valence-corrected chi connectivity index (χ2v) is 5.40. The lowest BCUT2D eigenvalue weighted by atomic mass is 10.1. The van der Waals surface area contributed by atoms with Gasteiger partial charge in [0.05, 0.1) is 0 Å². The van der Waals surface area contributed by atoms with Gasteiger partial charge in [0, 0.05) is 28.3 Å². The van der Waals surface area contributed by atoms with Crippen LogP contribution in [0.25, 0.3) is 10.9 Å². The molecular formula is C15H18ClFN2. The van der Waals surface area contributed by atoms with Crippen LogP contribution in [-0.4, -0.2) is 11.5 Å². The van der Waals surface area contributed by atoms with Gasteiger partial charge in [-0.3, -0.25) is 0 Å². The van der Waals surface area contributed by atoms with E-state index in [1.54, 1.807) is 6.07 Å². The lowest BCUT2D eigenvalue weighted by Gasteiger charge is -2.14. The first-order valence-electron chi connectivity index (χ1n) is 6.56. The number of anilines is 1. The third-order valence-corrected chi connectivity index (χ3v) is 3.23. The molecule has 1 aromatic carbocycles. The summed E-state index contributed by atoms with van der Waals surface area (Å²) < 4.78 is 14.0. The number of nitrogens with zero attached hydrogens (tertiary/aromatic N) is 1. The number of hydrogen-bond acceptors (Lipinski definition) is 2. The molecule has 0 saturated carbocycles. The molecule has 19 heavy (non-hydrogen) atoms. The molecule has 0 bridgehead atoms. The van der Waals surface area contributed by atoms with E-state index in [0.717, 1.165) is 29.7 Å². The van der Waals surface area contributed by atoms with E-state index in [-0.39, 0.29) is 11.7 Å². The van der Waals surface area contributed by atoms with Crippen molar-refractivity contribution in [3.8, 4) is 0 Å². The van der Waals surface area contributed by atoms with Crippen LogP contribution in [-0.2, 0) is 0 Å². The first-order chi connectivity index (χ1) is 9.02. The molecule has 1 heterocycles. The molecule has 0 aliphatic rings. The Morgan fingerprint density at radius 2 is 2.05 bits per heavy atom. The van der Waals surface area contributed by atoms with Crippen LogP contribution >= 0.6 is 11.6 Å². The minimum atomic E-state index is -0.371. The quantitative estimate of drug-likeness (QED) is 0.855. The van der Waals surface area contributed by atoms with Gasteiger partial charge >= 0.3 is 0 Å². The van der Waals surface area contributed by atoms with E-state index < -0.39 is 0 Å². The van der Waals surface area contributed by atoms with Crippen molar-refractivity contribution in [3.63, 3.8) is 0 Å². The van der Waals surface area contributed by atoms with Gasteiger partial charge in [0.25, 0.3) is 0 Å². The zero-order valence-corrected chi connectivity index (χ0v) is 12.2. The highest BCUT2D eigenvalue weighted by atomic mass is 35.5.